The fourth-order valence-corrected chi connectivity index (χ4v) is 9.19. The van der Waals surface area contributed by atoms with Gasteiger partial charge in [-0.3, -0.25) is 4.57 Å². The molecule has 0 amide bonds. The summed E-state index contributed by atoms with van der Waals surface area (Å²) in [5, 5.41) is 9.98. The van der Waals surface area contributed by atoms with E-state index in [2.05, 4.69) is 189 Å². The summed E-state index contributed by atoms with van der Waals surface area (Å²) in [5.41, 5.74) is 13.7. The number of pyridine rings is 1. The molecule has 0 N–H and O–H groups in total. The molecule has 0 atom stereocenters. The van der Waals surface area contributed by atoms with Crippen LogP contribution in [0.25, 0.3) is 71.9 Å². The summed E-state index contributed by atoms with van der Waals surface area (Å²) in [6, 6.07) is 51.6. The molecule has 290 valence electrons. The number of para-hydroxylation sites is 3. The van der Waals surface area contributed by atoms with Crippen LogP contribution in [0, 0.1) is 6.92 Å². The van der Waals surface area contributed by atoms with E-state index < -0.39 is 0 Å². The summed E-state index contributed by atoms with van der Waals surface area (Å²) in [6.07, 6.45) is 3.84. The number of fused-ring (bicyclic) bond motifs is 6. The molecule has 0 fully saturated rings. The summed E-state index contributed by atoms with van der Waals surface area (Å²) >= 11 is 0. The predicted octanol–water partition coefficient (Wildman–Crippen LogP) is 13.7. The molecule has 10 rings (SSSR count). The molecule has 0 aliphatic carbocycles. The van der Waals surface area contributed by atoms with E-state index in [9.17, 15) is 0 Å². The second kappa shape index (κ2) is 14.2. The number of ether oxygens (including phenoxy) is 1. The largest absolute Gasteiger partial charge is 0.457 e. The maximum atomic E-state index is 6.73. The van der Waals surface area contributed by atoms with Gasteiger partial charge in [0.1, 0.15) is 17.3 Å². The van der Waals surface area contributed by atoms with Crippen LogP contribution in [0.4, 0.5) is 0 Å². The molecule has 4 aromatic heterocycles. The number of rotatable bonds is 8. The number of aryl methyl sites for hydroxylation is 3. The van der Waals surface area contributed by atoms with Crippen molar-refractivity contribution in [3.05, 3.63) is 174 Å². The van der Waals surface area contributed by atoms with Crippen molar-refractivity contribution < 1.29 is 4.74 Å². The standard InChI is InChI=1S/C53H47N5O/c1-7-35-19-14-24-44-45-25-15-20-36(8-2)51(45)56(50(35)44)38-29-30-54-48(32-38)57-46-26-13-12-23-42(46)43-28-27-41(33-47(43)57)59-40-22-16-21-39(31-40)58-52(53(4,5)6)49(34(3)55-58)37-17-10-9-11-18-37/h9-33H,7-8H2,1-6H3. The molecular weight excluding hydrogens is 723 g/mol. The summed E-state index contributed by atoms with van der Waals surface area (Å²) in [6.45, 7) is 13.3. The molecule has 0 saturated heterocycles. The third-order valence-electron chi connectivity index (χ3n) is 11.7. The van der Waals surface area contributed by atoms with Gasteiger partial charge < -0.3 is 9.30 Å². The van der Waals surface area contributed by atoms with Crippen molar-refractivity contribution in [1.29, 1.82) is 0 Å². The number of nitrogens with zero attached hydrogens (tertiary/aromatic N) is 5. The van der Waals surface area contributed by atoms with E-state index in [1.807, 2.05) is 18.3 Å². The molecule has 0 spiro atoms. The van der Waals surface area contributed by atoms with Crippen LogP contribution in [0.2, 0.25) is 0 Å². The number of benzene rings is 6. The van der Waals surface area contributed by atoms with Gasteiger partial charge in [-0.1, -0.05) is 126 Å². The molecule has 6 heteroatoms. The minimum absolute atomic E-state index is 0.161. The van der Waals surface area contributed by atoms with Crippen LogP contribution in [-0.2, 0) is 18.3 Å². The number of hydrogen-bond donors (Lipinski definition) is 0. The van der Waals surface area contributed by atoms with Gasteiger partial charge in [0.05, 0.1) is 44.8 Å². The van der Waals surface area contributed by atoms with Gasteiger partial charge in [-0.25, -0.2) is 9.67 Å². The van der Waals surface area contributed by atoms with Crippen molar-refractivity contribution in [3.63, 3.8) is 0 Å². The van der Waals surface area contributed by atoms with E-state index in [0.717, 1.165) is 69.3 Å². The fraction of sp³-hybridized carbons (Fsp3) is 0.170. The zero-order chi connectivity index (χ0) is 40.4. The first-order chi connectivity index (χ1) is 28.7. The van der Waals surface area contributed by atoms with Crippen molar-refractivity contribution >= 4 is 43.6 Å². The Morgan fingerprint density at radius 3 is 1.92 bits per heavy atom. The van der Waals surface area contributed by atoms with Crippen LogP contribution < -0.4 is 4.74 Å². The Hall–Kier alpha value is -6.92. The van der Waals surface area contributed by atoms with Crippen molar-refractivity contribution in [2.24, 2.45) is 0 Å². The van der Waals surface area contributed by atoms with Crippen molar-refractivity contribution in [2.75, 3.05) is 0 Å². The molecule has 0 unspecified atom stereocenters. The Balaban J connectivity index is 1.10. The second-order valence-corrected chi connectivity index (χ2v) is 16.5. The van der Waals surface area contributed by atoms with Crippen LogP contribution in [-0.4, -0.2) is 23.9 Å². The molecule has 0 radical (unpaired) electrons. The molecule has 0 bridgehead atoms. The molecule has 0 saturated carbocycles. The summed E-state index contributed by atoms with van der Waals surface area (Å²) in [7, 11) is 0. The number of aromatic nitrogens is 5. The highest BCUT2D eigenvalue weighted by molar-refractivity contribution is 6.12. The van der Waals surface area contributed by atoms with Crippen LogP contribution >= 0.6 is 0 Å². The van der Waals surface area contributed by atoms with Gasteiger partial charge in [-0.15, -0.1) is 0 Å². The van der Waals surface area contributed by atoms with E-state index in [1.54, 1.807) is 0 Å². The van der Waals surface area contributed by atoms with E-state index in [0.29, 0.717) is 0 Å². The first-order valence-corrected chi connectivity index (χ1v) is 20.7. The van der Waals surface area contributed by atoms with Crippen molar-refractivity contribution in [2.45, 2.75) is 59.8 Å². The zero-order valence-corrected chi connectivity index (χ0v) is 34.5. The quantitative estimate of drug-likeness (QED) is 0.155. The van der Waals surface area contributed by atoms with Gasteiger partial charge >= 0.3 is 0 Å². The molecule has 10 aromatic rings. The Labute approximate surface area is 345 Å². The number of hydrogen-bond acceptors (Lipinski definition) is 3. The average molecular weight is 770 g/mol. The molecular formula is C53H47N5O. The van der Waals surface area contributed by atoms with E-state index in [4.69, 9.17) is 14.8 Å². The SMILES string of the molecule is CCc1cccc2c3cccc(CC)c3n(-c3ccnc(-n4c5ccccc5c5ccc(Oc6cccc(-n7nc(C)c(-c8ccccc8)c7C(C)(C)C)c6)cc54)c3)c12. The van der Waals surface area contributed by atoms with E-state index in [1.165, 1.54) is 49.4 Å². The maximum Gasteiger partial charge on any atom is 0.139 e. The predicted molar refractivity (Wildman–Crippen MR) is 244 cm³/mol. The smallest absolute Gasteiger partial charge is 0.139 e. The lowest BCUT2D eigenvalue weighted by atomic mass is 9.86. The first-order valence-electron chi connectivity index (χ1n) is 20.7. The Morgan fingerprint density at radius 1 is 0.559 bits per heavy atom. The molecule has 6 nitrogen and oxygen atoms in total. The minimum Gasteiger partial charge on any atom is -0.457 e. The van der Waals surface area contributed by atoms with E-state index >= 15 is 0 Å². The van der Waals surface area contributed by atoms with E-state index in [-0.39, 0.29) is 5.41 Å². The normalized spacial score (nSPS) is 12.0. The van der Waals surface area contributed by atoms with Gasteiger partial charge in [0, 0.05) is 56.9 Å². The Kier molecular flexibility index (Phi) is 8.75. The van der Waals surface area contributed by atoms with Gasteiger partial charge in [0.25, 0.3) is 0 Å². The maximum absolute atomic E-state index is 6.73. The summed E-state index contributed by atoms with van der Waals surface area (Å²) in [5.74, 6) is 2.34. The molecule has 59 heavy (non-hydrogen) atoms. The fourth-order valence-electron chi connectivity index (χ4n) is 9.19. The van der Waals surface area contributed by atoms with Crippen molar-refractivity contribution in [1.82, 2.24) is 23.9 Å². The Bertz CT molecular complexity index is 3150. The van der Waals surface area contributed by atoms with Crippen LogP contribution in [0.1, 0.15) is 57.1 Å². The monoisotopic (exact) mass is 769 g/mol. The lowest BCUT2D eigenvalue weighted by Crippen LogP contribution is -2.18. The van der Waals surface area contributed by atoms with Crippen LogP contribution in [0.15, 0.2) is 152 Å². The van der Waals surface area contributed by atoms with Gasteiger partial charge in [0.2, 0.25) is 0 Å². The second-order valence-electron chi connectivity index (χ2n) is 16.5. The highest BCUT2D eigenvalue weighted by Crippen LogP contribution is 2.40. The lowest BCUT2D eigenvalue weighted by Gasteiger charge is -2.23. The van der Waals surface area contributed by atoms with Crippen LogP contribution in [0.3, 0.4) is 0 Å². The summed E-state index contributed by atoms with van der Waals surface area (Å²) in [4.78, 5) is 5.05. The molecule has 0 aliphatic rings. The zero-order valence-electron chi connectivity index (χ0n) is 34.5. The average Bonchev–Trinajstić information content (AvgIpc) is 3.91. The van der Waals surface area contributed by atoms with Crippen LogP contribution in [0.5, 0.6) is 11.5 Å². The third-order valence-corrected chi connectivity index (χ3v) is 11.7. The minimum atomic E-state index is -0.161. The molecule has 6 aromatic carbocycles. The molecule has 4 heterocycles. The third kappa shape index (κ3) is 6.01. The Morgan fingerprint density at radius 2 is 1.20 bits per heavy atom. The molecule has 0 aliphatic heterocycles. The van der Waals surface area contributed by atoms with Crippen molar-refractivity contribution in [3.8, 4) is 39.8 Å². The highest BCUT2D eigenvalue weighted by atomic mass is 16.5. The lowest BCUT2D eigenvalue weighted by molar-refractivity contribution is 0.482. The topological polar surface area (TPSA) is 49.8 Å². The van der Waals surface area contributed by atoms with Gasteiger partial charge in [0.15, 0.2) is 0 Å². The summed E-state index contributed by atoms with van der Waals surface area (Å²) < 4.78 is 13.6. The highest BCUT2D eigenvalue weighted by Gasteiger charge is 2.28. The van der Waals surface area contributed by atoms with Gasteiger partial charge in [-0.2, -0.15) is 5.10 Å². The van der Waals surface area contributed by atoms with Gasteiger partial charge in [-0.05, 0) is 72.9 Å². The first kappa shape index (κ1) is 36.4.